The van der Waals surface area contributed by atoms with Crippen molar-refractivity contribution in [2.24, 2.45) is 5.73 Å². The number of nitrogens with zero attached hydrogens (tertiary/aromatic N) is 1. The molecule has 3 N–H and O–H groups in total. The minimum absolute atomic E-state index is 0.159. The zero-order valence-electron chi connectivity index (χ0n) is 11.9. The lowest BCUT2D eigenvalue weighted by atomic mass is 9.87. The van der Waals surface area contributed by atoms with E-state index in [4.69, 9.17) is 22.4 Å². The number of nitrogens with two attached hydrogens (primary N) is 1. The summed E-state index contributed by atoms with van der Waals surface area (Å²) in [7, 11) is 2.05. The van der Waals surface area contributed by atoms with E-state index in [1.54, 1.807) is 6.07 Å². The SMILES string of the molecule is CCc1occc1C(=O)NC1(C(N)=S)CCN(C)CC1. The molecule has 1 aliphatic heterocycles. The molecule has 1 fully saturated rings. The second-order valence-corrected chi connectivity index (χ2v) is 5.75. The number of rotatable bonds is 4. The van der Waals surface area contributed by atoms with Crippen LogP contribution in [-0.4, -0.2) is 41.5 Å². The van der Waals surface area contributed by atoms with Crippen molar-refractivity contribution < 1.29 is 9.21 Å². The van der Waals surface area contributed by atoms with Crippen LogP contribution in [0.25, 0.3) is 0 Å². The van der Waals surface area contributed by atoms with Gasteiger partial charge in [0.15, 0.2) is 0 Å². The third-order valence-corrected chi connectivity index (χ3v) is 4.37. The zero-order chi connectivity index (χ0) is 14.8. The third kappa shape index (κ3) is 2.86. The molecule has 1 aromatic rings. The molecule has 0 aromatic carbocycles. The summed E-state index contributed by atoms with van der Waals surface area (Å²) in [6.45, 7) is 3.68. The van der Waals surface area contributed by atoms with E-state index < -0.39 is 5.54 Å². The molecule has 0 radical (unpaired) electrons. The van der Waals surface area contributed by atoms with Crippen molar-refractivity contribution in [3.8, 4) is 0 Å². The highest BCUT2D eigenvalue weighted by atomic mass is 32.1. The summed E-state index contributed by atoms with van der Waals surface area (Å²) in [5, 5.41) is 3.04. The lowest BCUT2D eigenvalue weighted by Gasteiger charge is -2.40. The van der Waals surface area contributed by atoms with Crippen molar-refractivity contribution in [1.82, 2.24) is 10.2 Å². The number of hydrogen-bond acceptors (Lipinski definition) is 4. The van der Waals surface area contributed by atoms with E-state index >= 15 is 0 Å². The second-order valence-electron chi connectivity index (χ2n) is 5.31. The van der Waals surface area contributed by atoms with Crippen LogP contribution >= 0.6 is 12.2 Å². The highest BCUT2D eigenvalue weighted by Gasteiger charge is 2.38. The van der Waals surface area contributed by atoms with Crippen molar-refractivity contribution >= 4 is 23.1 Å². The Kier molecular flexibility index (Phi) is 4.45. The Morgan fingerprint density at radius 3 is 2.75 bits per heavy atom. The summed E-state index contributed by atoms with van der Waals surface area (Å²) in [4.78, 5) is 15.0. The molecule has 0 saturated carbocycles. The number of carbonyl (C=O) groups is 1. The van der Waals surface area contributed by atoms with Gasteiger partial charge in [0.25, 0.3) is 5.91 Å². The molecule has 1 aliphatic rings. The average molecular weight is 295 g/mol. The minimum Gasteiger partial charge on any atom is -0.469 e. The van der Waals surface area contributed by atoms with Gasteiger partial charge in [-0.15, -0.1) is 0 Å². The van der Waals surface area contributed by atoms with Gasteiger partial charge in [-0.05, 0) is 26.0 Å². The lowest BCUT2D eigenvalue weighted by Crippen LogP contribution is -2.61. The summed E-state index contributed by atoms with van der Waals surface area (Å²) < 4.78 is 5.30. The standard InChI is InChI=1S/C14H21N3O2S/c1-3-11-10(4-9-19-11)12(18)16-14(13(15)20)5-7-17(2)8-6-14/h4,9H,3,5-8H2,1-2H3,(H2,15,20)(H,16,18). The molecule has 110 valence electrons. The van der Waals surface area contributed by atoms with E-state index in [2.05, 4.69) is 17.3 Å². The van der Waals surface area contributed by atoms with Gasteiger partial charge in [-0.25, -0.2) is 0 Å². The molecular weight excluding hydrogens is 274 g/mol. The van der Waals surface area contributed by atoms with E-state index in [1.807, 2.05) is 6.92 Å². The van der Waals surface area contributed by atoms with Gasteiger partial charge in [0, 0.05) is 19.5 Å². The monoisotopic (exact) mass is 295 g/mol. The summed E-state index contributed by atoms with van der Waals surface area (Å²) in [5.74, 6) is 0.529. The molecule has 2 rings (SSSR count). The van der Waals surface area contributed by atoms with Gasteiger partial charge >= 0.3 is 0 Å². The average Bonchev–Trinajstić information content (AvgIpc) is 2.89. The summed E-state index contributed by atoms with van der Waals surface area (Å²) >= 11 is 5.20. The fraction of sp³-hybridized carbons (Fsp3) is 0.571. The fourth-order valence-electron chi connectivity index (χ4n) is 2.53. The molecule has 0 bridgehead atoms. The molecule has 2 heterocycles. The molecule has 20 heavy (non-hydrogen) atoms. The number of aryl methyl sites for hydroxylation is 1. The smallest absolute Gasteiger partial charge is 0.255 e. The Morgan fingerprint density at radius 1 is 1.55 bits per heavy atom. The van der Waals surface area contributed by atoms with Crippen LogP contribution in [0.3, 0.4) is 0 Å². The largest absolute Gasteiger partial charge is 0.469 e. The van der Waals surface area contributed by atoms with E-state index in [0.29, 0.717) is 22.7 Å². The molecule has 1 amide bonds. The Morgan fingerprint density at radius 2 is 2.20 bits per heavy atom. The molecule has 1 aromatic heterocycles. The van der Waals surface area contributed by atoms with Gasteiger partial charge in [-0.1, -0.05) is 19.1 Å². The minimum atomic E-state index is -0.582. The number of carbonyl (C=O) groups excluding carboxylic acids is 1. The molecule has 0 aliphatic carbocycles. The Labute approximate surface area is 124 Å². The maximum Gasteiger partial charge on any atom is 0.255 e. The van der Waals surface area contributed by atoms with Crippen molar-refractivity contribution in [2.75, 3.05) is 20.1 Å². The Balaban J connectivity index is 2.17. The number of thiocarbonyl (C=S) groups is 1. The molecule has 0 unspecified atom stereocenters. The van der Waals surface area contributed by atoms with Gasteiger partial charge in [-0.2, -0.15) is 0 Å². The van der Waals surface area contributed by atoms with Gasteiger partial charge in [0.1, 0.15) is 5.76 Å². The fourth-order valence-corrected chi connectivity index (χ4v) is 2.79. The Bertz CT molecular complexity index is 504. The van der Waals surface area contributed by atoms with E-state index in [1.165, 1.54) is 6.26 Å². The van der Waals surface area contributed by atoms with Crippen LogP contribution in [0.2, 0.25) is 0 Å². The van der Waals surface area contributed by atoms with Gasteiger partial charge in [0.05, 0.1) is 22.4 Å². The van der Waals surface area contributed by atoms with E-state index in [-0.39, 0.29) is 5.91 Å². The highest BCUT2D eigenvalue weighted by Crippen LogP contribution is 2.23. The molecular formula is C14H21N3O2S. The van der Waals surface area contributed by atoms with Gasteiger partial charge < -0.3 is 20.4 Å². The van der Waals surface area contributed by atoms with Crippen LogP contribution in [0.4, 0.5) is 0 Å². The number of likely N-dealkylation sites (tertiary alicyclic amines) is 1. The number of furan rings is 1. The molecule has 0 atom stereocenters. The maximum atomic E-state index is 12.4. The molecule has 1 saturated heterocycles. The van der Waals surface area contributed by atoms with Crippen LogP contribution in [0, 0.1) is 0 Å². The highest BCUT2D eigenvalue weighted by molar-refractivity contribution is 7.80. The summed E-state index contributed by atoms with van der Waals surface area (Å²) in [6.07, 6.45) is 3.70. The normalized spacial score (nSPS) is 18.7. The van der Waals surface area contributed by atoms with Crippen molar-refractivity contribution in [1.29, 1.82) is 0 Å². The number of nitrogens with one attached hydrogen (secondary N) is 1. The van der Waals surface area contributed by atoms with Gasteiger partial charge in [0.2, 0.25) is 0 Å². The zero-order valence-corrected chi connectivity index (χ0v) is 12.8. The number of hydrogen-bond donors (Lipinski definition) is 2. The van der Waals surface area contributed by atoms with Crippen LogP contribution in [0.5, 0.6) is 0 Å². The summed E-state index contributed by atoms with van der Waals surface area (Å²) in [5.41, 5.74) is 5.88. The quantitative estimate of drug-likeness (QED) is 0.820. The first-order valence-corrected chi connectivity index (χ1v) is 7.26. The number of piperidine rings is 1. The van der Waals surface area contributed by atoms with E-state index in [9.17, 15) is 4.79 Å². The van der Waals surface area contributed by atoms with Crippen LogP contribution in [0.1, 0.15) is 35.9 Å². The predicted octanol–water partition coefficient (Wildman–Crippen LogP) is 1.32. The first-order chi connectivity index (χ1) is 9.48. The maximum absolute atomic E-state index is 12.4. The second kappa shape index (κ2) is 5.93. The van der Waals surface area contributed by atoms with Crippen molar-refractivity contribution in [3.63, 3.8) is 0 Å². The van der Waals surface area contributed by atoms with Crippen molar-refractivity contribution in [3.05, 3.63) is 23.7 Å². The van der Waals surface area contributed by atoms with Crippen LogP contribution in [0.15, 0.2) is 16.7 Å². The molecule has 6 heteroatoms. The third-order valence-electron chi connectivity index (χ3n) is 3.98. The lowest BCUT2D eigenvalue weighted by molar-refractivity contribution is 0.0888. The molecule has 5 nitrogen and oxygen atoms in total. The van der Waals surface area contributed by atoms with Crippen LogP contribution in [-0.2, 0) is 6.42 Å². The van der Waals surface area contributed by atoms with Crippen LogP contribution < -0.4 is 11.1 Å². The predicted molar refractivity (Wildman–Crippen MR) is 81.8 cm³/mol. The first-order valence-electron chi connectivity index (χ1n) is 6.86. The summed E-state index contributed by atoms with van der Waals surface area (Å²) in [6, 6.07) is 1.69. The van der Waals surface area contributed by atoms with E-state index in [0.717, 1.165) is 25.9 Å². The molecule has 0 spiro atoms. The first kappa shape index (κ1) is 15.0. The topological polar surface area (TPSA) is 71.5 Å². The Hall–Kier alpha value is -1.40. The number of amides is 1. The van der Waals surface area contributed by atoms with Gasteiger partial charge in [-0.3, -0.25) is 4.79 Å². The van der Waals surface area contributed by atoms with Crippen molar-refractivity contribution in [2.45, 2.75) is 31.7 Å².